The van der Waals surface area contributed by atoms with Crippen LogP contribution in [-0.2, 0) is 46.5 Å². The summed E-state index contributed by atoms with van der Waals surface area (Å²) in [6, 6.07) is 13.2. The zero-order valence-corrected chi connectivity index (χ0v) is 40.5. The van der Waals surface area contributed by atoms with Crippen molar-refractivity contribution in [1.29, 1.82) is 0 Å². The fourth-order valence-corrected chi connectivity index (χ4v) is 8.39. The lowest BCUT2D eigenvalue weighted by Gasteiger charge is -2.32. The summed E-state index contributed by atoms with van der Waals surface area (Å²) < 4.78 is 10.7. The molecule has 1 fully saturated rings. The number of hydrogen-bond acceptors (Lipinski definition) is 11. The van der Waals surface area contributed by atoms with E-state index < -0.39 is 83.5 Å². The molecule has 0 aromatic heterocycles. The molecule has 0 saturated carbocycles. The maximum atomic E-state index is 14.5. The third-order valence-corrected chi connectivity index (χ3v) is 11.9. The van der Waals surface area contributed by atoms with Crippen LogP contribution in [0.15, 0.2) is 65.7 Å². The number of nitrogens with one attached hydrogen (secondary N) is 6. The summed E-state index contributed by atoms with van der Waals surface area (Å²) in [4.78, 5) is 102. The number of alkyl carbamates (subject to hydrolysis) is 2. The number of thioether (sulfide) groups is 1. The Morgan fingerprint density at radius 3 is 2.06 bits per heavy atom. The number of likely N-dealkylation sites (tertiary alicyclic amines) is 1. The molecule has 66 heavy (non-hydrogen) atoms. The van der Waals surface area contributed by atoms with E-state index in [9.17, 15) is 33.6 Å². The predicted octanol–water partition coefficient (Wildman–Crippen LogP) is 4.97. The Kier molecular flexibility index (Phi) is 20.8. The van der Waals surface area contributed by atoms with E-state index in [2.05, 4.69) is 36.9 Å². The van der Waals surface area contributed by atoms with E-state index in [4.69, 9.17) is 9.47 Å². The number of benzene rings is 2. The average Bonchev–Trinajstić information content (AvgIpc) is 3.75. The maximum Gasteiger partial charge on any atom is 0.408 e. The second-order valence-electron chi connectivity index (χ2n) is 18.6. The molecule has 6 atom stereocenters. The van der Waals surface area contributed by atoms with Gasteiger partial charge in [-0.15, -0.1) is 0 Å². The molecule has 1 unspecified atom stereocenters. The van der Waals surface area contributed by atoms with Crippen molar-refractivity contribution in [2.45, 2.75) is 148 Å². The standard InChI is InChI=1S/C48H70N8O9S/c1-30(2)27-36(53-47(63)65-48(6,7)8)41(58)52-37(28-33-17-11-9-12-18-33)44(61)56-26-16-22-38(56)42(59)54-39(31(3)4)43(60)51-35(40(57)55-45-49-25-23-32(5)66-45)21-15-24-50-46(62)64-29-34-19-13-10-14-20-34/h9-14,17-20,30-32,35-39H,15-16,21-29H2,1-8H3,(H,50,62)(H,51,60)(H,52,58)(H,53,63)(H,54,59)(H,49,55,57)/t32?,35-,36+,37-,38+,39+/m1/s1. The van der Waals surface area contributed by atoms with Crippen LogP contribution < -0.4 is 31.9 Å². The van der Waals surface area contributed by atoms with Gasteiger partial charge in [0.2, 0.25) is 29.5 Å². The van der Waals surface area contributed by atoms with E-state index in [0.717, 1.165) is 17.5 Å². The van der Waals surface area contributed by atoms with E-state index in [-0.39, 0.29) is 50.1 Å². The first-order valence-corrected chi connectivity index (χ1v) is 23.9. The highest BCUT2D eigenvalue weighted by Crippen LogP contribution is 2.22. The zero-order valence-electron chi connectivity index (χ0n) is 39.6. The number of amidine groups is 1. The van der Waals surface area contributed by atoms with Gasteiger partial charge >= 0.3 is 12.2 Å². The third kappa shape index (κ3) is 18.0. The largest absolute Gasteiger partial charge is 0.445 e. The summed E-state index contributed by atoms with van der Waals surface area (Å²) in [7, 11) is 0. The molecule has 18 heteroatoms. The van der Waals surface area contributed by atoms with Crippen LogP contribution in [0.25, 0.3) is 0 Å². The molecule has 2 aromatic rings. The molecule has 0 spiro atoms. The topological polar surface area (TPSA) is 226 Å². The molecule has 1 saturated heterocycles. The zero-order chi connectivity index (χ0) is 48.4. The first kappa shape index (κ1) is 53.0. The van der Waals surface area contributed by atoms with Gasteiger partial charge in [-0.25, -0.2) is 9.59 Å². The number of hydrogen-bond donors (Lipinski definition) is 6. The van der Waals surface area contributed by atoms with E-state index in [1.807, 2.05) is 81.4 Å². The summed E-state index contributed by atoms with van der Waals surface area (Å²) in [5.74, 6) is -3.11. The minimum Gasteiger partial charge on any atom is -0.445 e. The molecule has 0 radical (unpaired) electrons. The van der Waals surface area contributed by atoms with Crippen molar-refractivity contribution in [1.82, 2.24) is 36.8 Å². The molecule has 4 rings (SSSR count). The van der Waals surface area contributed by atoms with Crippen molar-refractivity contribution >= 4 is 58.7 Å². The van der Waals surface area contributed by atoms with E-state index in [1.165, 1.54) is 16.7 Å². The van der Waals surface area contributed by atoms with Gasteiger partial charge in [-0.05, 0) is 82.3 Å². The molecular weight excluding hydrogens is 865 g/mol. The molecule has 362 valence electrons. The van der Waals surface area contributed by atoms with Crippen LogP contribution in [0.4, 0.5) is 9.59 Å². The van der Waals surface area contributed by atoms with Gasteiger partial charge < -0.3 is 46.3 Å². The lowest BCUT2D eigenvalue weighted by atomic mass is 10.00. The predicted molar refractivity (Wildman–Crippen MR) is 254 cm³/mol. The van der Waals surface area contributed by atoms with Crippen LogP contribution in [0.5, 0.6) is 0 Å². The fourth-order valence-electron chi connectivity index (χ4n) is 7.46. The van der Waals surface area contributed by atoms with Crippen LogP contribution in [0.1, 0.15) is 105 Å². The van der Waals surface area contributed by atoms with Crippen molar-refractivity contribution in [2.75, 3.05) is 19.6 Å². The van der Waals surface area contributed by atoms with Crippen LogP contribution in [-0.4, -0.2) is 112 Å². The lowest BCUT2D eigenvalue weighted by Crippen LogP contribution is -2.60. The van der Waals surface area contributed by atoms with Gasteiger partial charge in [0.05, 0.1) is 0 Å². The summed E-state index contributed by atoms with van der Waals surface area (Å²) in [5.41, 5.74) is 0.809. The summed E-state index contributed by atoms with van der Waals surface area (Å²) in [6.45, 7) is 15.6. The molecule has 2 heterocycles. The minimum atomic E-state index is -1.10. The number of aliphatic imine (C=N–C) groups is 1. The Morgan fingerprint density at radius 2 is 1.44 bits per heavy atom. The molecule has 7 amide bonds. The summed E-state index contributed by atoms with van der Waals surface area (Å²) >= 11 is 1.43. The normalized spacial score (nSPS) is 17.9. The summed E-state index contributed by atoms with van der Waals surface area (Å²) in [5, 5.41) is 17.5. The second kappa shape index (κ2) is 25.9. The van der Waals surface area contributed by atoms with Gasteiger partial charge in [0.1, 0.15) is 42.4 Å². The monoisotopic (exact) mass is 934 g/mol. The number of carbonyl (C=O) groups excluding carboxylic acids is 7. The number of rotatable bonds is 20. The molecule has 0 aliphatic carbocycles. The lowest BCUT2D eigenvalue weighted by molar-refractivity contribution is -0.142. The van der Waals surface area contributed by atoms with Crippen LogP contribution in [0.2, 0.25) is 0 Å². The molecular formula is C48H70N8O9S. The van der Waals surface area contributed by atoms with Gasteiger partial charge in [0.25, 0.3) is 0 Å². The second-order valence-corrected chi connectivity index (χ2v) is 20.0. The molecule has 2 aliphatic heterocycles. The fraction of sp³-hybridized carbons (Fsp3) is 0.583. The van der Waals surface area contributed by atoms with Crippen LogP contribution >= 0.6 is 11.8 Å². The smallest absolute Gasteiger partial charge is 0.408 e. The van der Waals surface area contributed by atoms with Gasteiger partial charge in [0, 0.05) is 31.3 Å². The van der Waals surface area contributed by atoms with Crippen molar-refractivity contribution < 1.29 is 43.0 Å². The van der Waals surface area contributed by atoms with Crippen molar-refractivity contribution in [3.05, 3.63) is 71.8 Å². The van der Waals surface area contributed by atoms with Gasteiger partial charge in [-0.3, -0.25) is 29.0 Å². The van der Waals surface area contributed by atoms with Crippen molar-refractivity contribution in [3.63, 3.8) is 0 Å². The quantitative estimate of drug-likeness (QED) is 0.0978. The van der Waals surface area contributed by atoms with E-state index >= 15 is 0 Å². The third-order valence-electron chi connectivity index (χ3n) is 10.8. The Balaban J connectivity index is 1.46. The maximum absolute atomic E-state index is 14.5. The van der Waals surface area contributed by atoms with Gasteiger partial charge in [-0.1, -0.05) is 107 Å². The van der Waals surface area contributed by atoms with Crippen molar-refractivity contribution in [2.24, 2.45) is 16.8 Å². The first-order valence-electron chi connectivity index (χ1n) is 23.0. The minimum absolute atomic E-state index is 0.00800. The molecule has 0 bridgehead atoms. The molecule has 17 nitrogen and oxygen atoms in total. The Bertz CT molecular complexity index is 1980. The van der Waals surface area contributed by atoms with Crippen molar-refractivity contribution in [3.8, 4) is 0 Å². The first-order chi connectivity index (χ1) is 31.3. The number of carbonyl (C=O) groups is 7. The highest BCUT2D eigenvalue weighted by Gasteiger charge is 2.40. The highest BCUT2D eigenvalue weighted by molar-refractivity contribution is 8.14. The SMILES string of the molecule is CC(C)C[C@H](NC(=O)OC(C)(C)C)C(=O)N[C@H](Cc1ccccc1)C(=O)N1CCC[C@H]1C(=O)N[C@H](C(=O)N[C@H](CCCNC(=O)OCc1ccccc1)C(=O)NC1=NCCC(C)S1)C(C)C. The molecule has 2 aliphatic rings. The number of ether oxygens (including phenoxy) is 2. The average molecular weight is 935 g/mol. The van der Waals surface area contributed by atoms with E-state index in [0.29, 0.717) is 31.0 Å². The van der Waals surface area contributed by atoms with Gasteiger partial charge in [0.15, 0.2) is 5.17 Å². The molecule has 2 aromatic carbocycles. The Morgan fingerprint density at radius 1 is 0.788 bits per heavy atom. The number of nitrogens with zero attached hydrogens (tertiary/aromatic N) is 2. The Labute approximate surface area is 393 Å². The van der Waals surface area contributed by atoms with Crippen LogP contribution in [0, 0.1) is 11.8 Å². The highest BCUT2D eigenvalue weighted by atomic mass is 32.2. The Hall–Kier alpha value is -5.65. The van der Waals surface area contributed by atoms with Crippen LogP contribution in [0.3, 0.4) is 0 Å². The summed E-state index contributed by atoms with van der Waals surface area (Å²) in [6.07, 6.45) is 1.15. The molecule has 6 N–H and O–H groups in total. The van der Waals surface area contributed by atoms with E-state index in [1.54, 1.807) is 34.6 Å². The van der Waals surface area contributed by atoms with Gasteiger partial charge in [-0.2, -0.15) is 0 Å². The number of amides is 7.